The molecule has 0 aliphatic carbocycles. The van der Waals surface area contributed by atoms with Gasteiger partial charge in [-0.15, -0.1) is 0 Å². The molecule has 7 heterocycles. The Balaban J connectivity index is 1.19. The molecule has 2 atom stereocenters. The van der Waals surface area contributed by atoms with Crippen molar-refractivity contribution in [3.05, 3.63) is 79.1 Å². The van der Waals surface area contributed by atoms with Crippen LogP contribution in [0.5, 0.6) is 0 Å². The van der Waals surface area contributed by atoms with Gasteiger partial charge < -0.3 is 19.7 Å². The maximum Gasteiger partial charge on any atom is 0.245 e. The third-order valence-corrected chi connectivity index (χ3v) is 8.48. The van der Waals surface area contributed by atoms with Crippen molar-refractivity contribution in [1.82, 2.24) is 44.2 Å². The van der Waals surface area contributed by atoms with E-state index in [1.165, 1.54) is 23.1 Å². The fraction of sp³-hybridized carbons (Fsp3) is 0.258. The van der Waals surface area contributed by atoms with Gasteiger partial charge in [-0.1, -0.05) is 6.07 Å². The fourth-order valence-corrected chi connectivity index (χ4v) is 6.38. The smallest absolute Gasteiger partial charge is 0.245 e. The highest BCUT2D eigenvalue weighted by Gasteiger charge is 2.40. The second-order valence-electron chi connectivity index (χ2n) is 11.3. The highest BCUT2D eigenvalue weighted by Crippen LogP contribution is 2.33. The zero-order chi connectivity index (χ0) is 30.7. The largest absolute Gasteiger partial charge is 0.365 e. The molecule has 0 saturated carbocycles. The summed E-state index contributed by atoms with van der Waals surface area (Å²) < 4.78 is 31.7. The van der Waals surface area contributed by atoms with Crippen LogP contribution < -0.4 is 10.2 Å². The van der Waals surface area contributed by atoms with Gasteiger partial charge in [-0.2, -0.15) is 5.10 Å². The number of rotatable bonds is 2. The molecule has 2 aliphatic rings. The number of likely N-dealkylation sites (N-methyl/N-ethyl adjacent to an activating group) is 1. The number of carbonyl (C=O) groups is 1. The number of aromatic nitrogens is 8. The van der Waals surface area contributed by atoms with Gasteiger partial charge in [-0.3, -0.25) is 9.78 Å². The van der Waals surface area contributed by atoms with Gasteiger partial charge in [-0.05, 0) is 43.2 Å². The van der Waals surface area contributed by atoms with E-state index in [0.717, 1.165) is 28.5 Å². The quantitative estimate of drug-likeness (QED) is 0.313. The molecule has 0 spiro atoms. The van der Waals surface area contributed by atoms with Gasteiger partial charge >= 0.3 is 0 Å². The van der Waals surface area contributed by atoms with Crippen LogP contribution in [0, 0.1) is 11.6 Å². The average Bonchev–Trinajstić information content (AvgIpc) is 3.78. The van der Waals surface area contributed by atoms with Crippen LogP contribution in [0.2, 0.25) is 0 Å². The normalized spacial score (nSPS) is 18.7. The lowest BCUT2D eigenvalue weighted by molar-refractivity contribution is -0.131. The molecule has 5 aromatic heterocycles. The summed E-state index contributed by atoms with van der Waals surface area (Å²) in [6.45, 7) is 1.62. The zero-order valence-electron chi connectivity index (χ0n) is 24.2. The van der Waals surface area contributed by atoms with E-state index >= 15 is 0 Å². The number of aryl methyl sites for hydroxylation is 1. The number of benzene rings is 1. The number of imidazole rings is 1. The van der Waals surface area contributed by atoms with Crippen LogP contribution in [0.15, 0.2) is 67.5 Å². The van der Waals surface area contributed by atoms with Gasteiger partial charge in [0.05, 0.1) is 34.6 Å². The Kier molecular flexibility index (Phi) is 6.36. The van der Waals surface area contributed by atoms with Crippen LogP contribution in [0.4, 0.5) is 20.4 Å². The van der Waals surface area contributed by atoms with E-state index in [1.807, 2.05) is 36.2 Å². The lowest BCUT2D eigenvalue weighted by Crippen LogP contribution is -2.45. The van der Waals surface area contributed by atoms with E-state index in [4.69, 9.17) is 4.98 Å². The number of pyridine rings is 2. The molecule has 4 bridgehead atoms. The second-order valence-corrected chi connectivity index (χ2v) is 11.3. The summed E-state index contributed by atoms with van der Waals surface area (Å²) >= 11 is 0. The van der Waals surface area contributed by atoms with Crippen molar-refractivity contribution >= 4 is 39.6 Å². The van der Waals surface area contributed by atoms with Crippen molar-refractivity contribution in [2.75, 3.05) is 30.4 Å². The molecular formula is C31H27F2N11O. The number of nitrogens with one attached hydrogen (secondary N) is 1. The van der Waals surface area contributed by atoms with Crippen LogP contribution in [-0.4, -0.2) is 82.3 Å². The number of nitrogens with zero attached hydrogens (tertiary/aromatic N) is 10. The molecule has 6 aromatic rings. The predicted molar refractivity (Wildman–Crippen MR) is 163 cm³/mol. The molecule has 12 nitrogen and oxygen atoms in total. The summed E-state index contributed by atoms with van der Waals surface area (Å²) in [5, 5.41) is 8.45. The minimum atomic E-state index is -0.766. The second kappa shape index (κ2) is 10.6. The SMILES string of the molecule is CN1CCCn2cnc3ccnc(c32)-c2cccc(n2)N[C@H]2C[C@@H](C1=O)N(c1ncnc3c1cnn3-c1ccc(F)cc1F)C2. The third kappa shape index (κ3) is 4.60. The summed E-state index contributed by atoms with van der Waals surface area (Å²) in [6, 6.07) is 10.3. The van der Waals surface area contributed by atoms with Crippen molar-refractivity contribution in [2.24, 2.45) is 0 Å². The predicted octanol–water partition coefficient (Wildman–Crippen LogP) is 3.82. The molecule has 1 amide bonds. The number of amides is 1. The summed E-state index contributed by atoms with van der Waals surface area (Å²) in [7, 11) is 1.81. The molecule has 1 fully saturated rings. The Labute approximate surface area is 255 Å². The molecule has 45 heavy (non-hydrogen) atoms. The van der Waals surface area contributed by atoms with Gasteiger partial charge in [0, 0.05) is 45.0 Å². The van der Waals surface area contributed by atoms with E-state index < -0.39 is 17.7 Å². The first-order valence-corrected chi connectivity index (χ1v) is 14.6. The van der Waals surface area contributed by atoms with Crippen LogP contribution >= 0.6 is 0 Å². The molecule has 0 unspecified atom stereocenters. The van der Waals surface area contributed by atoms with E-state index in [9.17, 15) is 13.6 Å². The highest BCUT2D eigenvalue weighted by atomic mass is 19.1. The number of fused-ring (bicyclic) bond motifs is 6. The average molecular weight is 608 g/mol. The molecular weight excluding hydrogens is 580 g/mol. The molecule has 226 valence electrons. The Morgan fingerprint density at radius 3 is 2.82 bits per heavy atom. The topological polar surface area (TPSA) is 123 Å². The molecule has 2 aliphatic heterocycles. The lowest BCUT2D eigenvalue weighted by Gasteiger charge is -2.29. The van der Waals surface area contributed by atoms with E-state index in [-0.39, 0.29) is 17.6 Å². The summed E-state index contributed by atoms with van der Waals surface area (Å²) in [5.74, 6) is -0.332. The van der Waals surface area contributed by atoms with E-state index in [1.54, 1.807) is 23.6 Å². The van der Waals surface area contributed by atoms with Crippen molar-refractivity contribution < 1.29 is 13.6 Å². The van der Waals surface area contributed by atoms with Gasteiger partial charge in [0.15, 0.2) is 11.5 Å². The minimum Gasteiger partial charge on any atom is -0.365 e. The Hall–Kier alpha value is -5.53. The maximum absolute atomic E-state index is 14.7. The summed E-state index contributed by atoms with van der Waals surface area (Å²) in [4.78, 5) is 40.9. The standard InChI is InChI=1S/C31H27F2N11O/c1-41-10-3-11-42-17-37-23-8-9-34-27(28(23)42)22-4-2-5-26(40-22)39-19-13-25(31(41)45)43(15-19)29-20-14-38-44(30(20)36-16-35-29)24-7-6-18(32)12-21(24)33/h2,4-9,12,14,16-17,19,25H,3,10-11,13,15H2,1H3,(H,39,40)/t19-,25-/m0/s1. The Morgan fingerprint density at radius 1 is 1.02 bits per heavy atom. The van der Waals surface area contributed by atoms with Crippen LogP contribution in [0.25, 0.3) is 39.1 Å². The number of anilines is 2. The first-order chi connectivity index (χ1) is 21.9. The summed E-state index contributed by atoms with van der Waals surface area (Å²) in [5.41, 5.74) is 3.62. The van der Waals surface area contributed by atoms with Gasteiger partial charge in [0.1, 0.15) is 41.2 Å². The van der Waals surface area contributed by atoms with Gasteiger partial charge in [-0.25, -0.2) is 33.4 Å². The van der Waals surface area contributed by atoms with E-state index in [2.05, 4.69) is 34.9 Å². The van der Waals surface area contributed by atoms with Crippen LogP contribution in [0.1, 0.15) is 12.8 Å². The molecule has 1 N–H and O–H groups in total. The number of hydrogen-bond donors (Lipinski definition) is 1. The van der Waals surface area contributed by atoms with Crippen molar-refractivity contribution in [3.63, 3.8) is 0 Å². The van der Waals surface area contributed by atoms with Crippen molar-refractivity contribution in [1.29, 1.82) is 0 Å². The molecule has 0 radical (unpaired) electrons. The molecule has 8 rings (SSSR count). The van der Waals surface area contributed by atoms with Crippen LogP contribution in [0.3, 0.4) is 0 Å². The lowest BCUT2D eigenvalue weighted by atomic mass is 10.1. The molecule has 1 saturated heterocycles. The monoisotopic (exact) mass is 607 g/mol. The minimum absolute atomic E-state index is 0.0440. The summed E-state index contributed by atoms with van der Waals surface area (Å²) in [6.07, 6.45) is 7.67. The van der Waals surface area contributed by atoms with Crippen molar-refractivity contribution in [3.8, 4) is 17.1 Å². The first kappa shape index (κ1) is 27.0. The fourth-order valence-electron chi connectivity index (χ4n) is 6.38. The third-order valence-electron chi connectivity index (χ3n) is 8.48. The van der Waals surface area contributed by atoms with Gasteiger partial charge in [0.25, 0.3) is 0 Å². The maximum atomic E-state index is 14.7. The zero-order valence-corrected chi connectivity index (χ0v) is 24.2. The van der Waals surface area contributed by atoms with Crippen molar-refractivity contribution in [2.45, 2.75) is 31.5 Å². The Morgan fingerprint density at radius 2 is 1.93 bits per heavy atom. The number of halogens is 2. The molecule has 1 aromatic carbocycles. The number of hydrogen-bond acceptors (Lipinski definition) is 9. The van der Waals surface area contributed by atoms with E-state index in [0.29, 0.717) is 55.1 Å². The van der Waals surface area contributed by atoms with Gasteiger partial charge in [0.2, 0.25) is 5.91 Å². The Bertz CT molecular complexity index is 2090. The molecule has 14 heteroatoms. The first-order valence-electron chi connectivity index (χ1n) is 14.6. The highest BCUT2D eigenvalue weighted by molar-refractivity contribution is 5.93. The van der Waals surface area contributed by atoms with Crippen LogP contribution in [-0.2, 0) is 11.3 Å². The number of carbonyl (C=O) groups excluding carboxylic acids is 1.